The first kappa shape index (κ1) is 26.6. The van der Waals surface area contributed by atoms with Crippen LogP contribution in [0.3, 0.4) is 0 Å². The SMILES string of the molecule is CCOc1ccc(S(=O)(=O)N2C[C@@H](C)[C@@H](n3nc(CC(=O)O)c4ccccc43)C2)c(C=Cc2ccccc2)c1. The van der Waals surface area contributed by atoms with E-state index in [1.165, 1.54) is 4.31 Å². The molecule has 1 fully saturated rings. The maximum Gasteiger partial charge on any atom is 0.309 e. The third kappa shape index (κ3) is 5.46. The second-order valence-electron chi connectivity index (χ2n) is 9.72. The van der Waals surface area contributed by atoms with Crippen molar-refractivity contribution in [1.29, 1.82) is 0 Å². The molecular weight excluding hydrogens is 514 g/mol. The van der Waals surface area contributed by atoms with Gasteiger partial charge in [-0.1, -0.05) is 67.6 Å². The van der Waals surface area contributed by atoms with Crippen LogP contribution in [0.1, 0.15) is 36.7 Å². The van der Waals surface area contributed by atoms with Crippen LogP contribution >= 0.6 is 0 Å². The molecule has 2 heterocycles. The molecule has 2 atom stereocenters. The highest BCUT2D eigenvalue weighted by Gasteiger charge is 2.40. The molecule has 8 nitrogen and oxygen atoms in total. The van der Waals surface area contributed by atoms with E-state index in [1.807, 2.05) is 79.2 Å². The predicted molar refractivity (Wildman–Crippen MR) is 151 cm³/mol. The highest BCUT2D eigenvalue weighted by atomic mass is 32.2. The quantitative estimate of drug-likeness (QED) is 0.293. The van der Waals surface area contributed by atoms with Crippen LogP contribution in [0.15, 0.2) is 77.7 Å². The van der Waals surface area contributed by atoms with E-state index in [4.69, 9.17) is 4.74 Å². The minimum Gasteiger partial charge on any atom is -0.494 e. The molecule has 0 radical (unpaired) electrons. The maximum atomic E-state index is 14.0. The molecule has 3 aromatic carbocycles. The lowest BCUT2D eigenvalue weighted by Gasteiger charge is -2.19. The smallest absolute Gasteiger partial charge is 0.309 e. The van der Waals surface area contributed by atoms with E-state index in [0.717, 1.165) is 16.5 Å². The van der Waals surface area contributed by atoms with Crippen LogP contribution in [-0.4, -0.2) is 53.3 Å². The third-order valence-electron chi connectivity index (χ3n) is 7.03. The number of para-hydroxylation sites is 1. The topological polar surface area (TPSA) is 102 Å². The van der Waals surface area contributed by atoms with Gasteiger partial charge in [0.1, 0.15) is 5.75 Å². The molecular formula is C30H31N3O5S. The summed E-state index contributed by atoms with van der Waals surface area (Å²) in [5.41, 5.74) is 2.79. The van der Waals surface area contributed by atoms with Gasteiger partial charge in [-0.3, -0.25) is 9.48 Å². The van der Waals surface area contributed by atoms with E-state index in [2.05, 4.69) is 5.10 Å². The Morgan fingerprint density at radius 1 is 1.05 bits per heavy atom. The van der Waals surface area contributed by atoms with Crippen molar-refractivity contribution in [3.63, 3.8) is 0 Å². The third-order valence-corrected chi connectivity index (χ3v) is 8.93. The Hall–Kier alpha value is -3.95. The van der Waals surface area contributed by atoms with Gasteiger partial charge in [0.05, 0.1) is 35.2 Å². The summed E-state index contributed by atoms with van der Waals surface area (Å²) in [5.74, 6) is -0.391. The van der Waals surface area contributed by atoms with Crippen molar-refractivity contribution >= 4 is 39.0 Å². The van der Waals surface area contributed by atoms with E-state index in [0.29, 0.717) is 30.2 Å². The van der Waals surface area contributed by atoms with Gasteiger partial charge in [-0.25, -0.2) is 8.42 Å². The summed E-state index contributed by atoms with van der Waals surface area (Å²) in [7, 11) is -3.85. The molecule has 1 N–H and O–H groups in total. The van der Waals surface area contributed by atoms with Gasteiger partial charge in [-0.2, -0.15) is 9.40 Å². The van der Waals surface area contributed by atoms with Crippen molar-refractivity contribution in [2.24, 2.45) is 5.92 Å². The van der Waals surface area contributed by atoms with Gasteiger partial charge in [0.2, 0.25) is 10.0 Å². The number of carbonyl (C=O) groups is 1. The normalized spacial score (nSPS) is 18.2. The largest absolute Gasteiger partial charge is 0.494 e. The zero-order chi connectivity index (χ0) is 27.6. The first-order valence-electron chi connectivity index (χ1n) is 13.0. The van der Waals surface area contributed by atoms with Crippen molar-refractivity contribution in [2.75, 3.05) is 19.7 Å². The molecule has 0 saturated carbocycles. The molecule has 9 heteroatoms. The average molecular weight is 546 g/mol. The average Bonchev–Trinajstić information content (AvgIpc) is 3.48. The monoisotopic (exact) mass is 545 g/mol. The van der Waals surface area contributed by atoms with E-state index < -0.39 is 16.0 Å². The predicted octanol–water partition coefficient (Wildman–Crippen LogP) is 5.11. The molecule has 1 aliphatic rings. The van der Waals surface area contributed by atoms with Gasteiger partial charge in [-0.05, 0) is 48.2 Å². The molecule has 0 bridgehead atoms. The highest BCUT2D eigenvalue weighted by Crippen LogP contribution is 2.36. The van der Waals surface area contributed by atoms with Gasteiger partial charge in [0.25, 0.3) is 0 Å². The summed E-state index contributed by atoms with van der Waals surface area (Å²) in [6, 6.07) is 22.0. The number of aromatic nitrogens is 2. The van der Waals surface area contributed by atoms with Crippen LogP contribution in [0, 0.1) is 5.92 Å². The second-order valence-corrected chi connectivity index (χ2v) is 11.6. The van der Waals surface area contributed by atoms with Crippen molar-refractivity contribution < 1.29 is 23.1 Å². The minimum atomic E-state index is -3.85. The van der Waals surface area contributed by atoms with Crippen LogP contribution in [0.5, 0.6) is 5.75 Å². The Balaban J connectivity index is 1.49. The Morgan fingerprint density at radius 2 is 1.79 bits per heavy atom. The van der Waals surface area contributed by atoms with Crippen LogP contribution in [-0.2, 0) is 21.2 Å². The number of benzene rings is 3. The van der Waals surface area contributed by atoms with E-state index in [-0.39, 0.29) is 29.8 Å². The molecule has 202 valence electrons. The molecule has 4 aromatic rings. The number of aliphatic carboxylic acids is 1. The maximum absolute atomic E-state index is 14.0. The molecule has 0 spiro atoms. The van der Waals surface area contributed by atoms with Gasteiger partial charge < -0.3 is 9.84 Å². The zero-order valence-electron chi connectivity index (χ0n) is 21.9. The number of hydrogen-bond acceptors (Lipinski definition) is 5. The highest BCUT2D eigenvalue weighted by molar-refractivity contribution is 7.89. The van der Waals surface area contributed by atoms with E-state index in [9.17, 15) is 18.3 Å². The van der Waals surface area contributed by atoms with Gasteiger partial charge in [0, 0.05) is 18.5 Å². The number of sulfonamides is 1. The number of fused-ring (bicyclic) bond motifs is 1. The first-order chi connectivity index (χ1) is 18.8. The van der Waals surface area contributed by atoms with Gasteiger partial charge in [0.15, 0.2) is 0 Å². The van der Waals surface area contributed by atoms with Crippen molar-refractivity contribution in [3.8, 4) is 5.75 Å². The second kappa shape index (κ2) is 11.0. The fraction of sp³-hybridized carbons (Fsp3) is 0.267. The standard InChI is InChI=1S/C30H31N3O5S/c1-3-38-24-15-16-29(23(17-24)14-13-22-9-5-4-6-10-22)39(36,37)32-19-21(2)28(20-32)33-27-12-8-7-11-25(27)26(31-33)18-30(34)35/h4-17,21,28H,3,18-20H2,1-2H3,(H,34,35)/t21-,28+/m1/s1. The molecule has 1 aromatic heterocycles. The summed E-state index contributed by atoms with van der Waals surface area (Å²) in [6.45, 7) is 4.92. The number of ether oxygens (including phenoxy) is 1. The van der Waals surface area contributed by atoms with E-state index >= 15 is 0 Å². The van der Waals surface area contributed by atoms with Gasteiger partial charge in [-0.15, -0.1) is 0 Å². The molecule has 1 saturated heterocycles. The number of hydrogen-bond donors (Lipinski definition) is 1. The van der Waals surface area contributed by atoms with Crippen molar-refractivity contribution in [2.45, 2.75) is 31.2 Å². The summed E-state index contributed by atoms with van der Waals surface area (Å²) in [6.07, 6.45) is 3.50. The Kier molecular flexibility index (Phi) is 7.54. The summed E-state index contributed by atoms with van der Waals surface area (Å²) < 4.78 is 37.0. The Labute approximate surface area is 228 Å². The molecule has 5 rings (SSSR count). The van der Waals surface area contributed by atoms with Crippen LogP contribution in [0.25, 0.3) is 23.1 Å². The van der Waals surface area contributed by atoms with Crippen LogP contribution < -0.4 is 4.74 Å². The summed E-state index contributed by atoms with van der Waals surface area (Å²) >= 11 is 0. The fourth-order valence-electron chi connectivity index (χ4n) is 5.14. The van der Waals surface area contributed by atoms with Crippen LogP contribution in [0.2, 0.25) is 0 Å². The molecule has 39 heavy (non-hydrogen) atoms. The molecule has 1 aliphatic heterocycles. The minimum absolute atomic E-state index is 0.0354. The van der Waals surface area contributed by atoms with Gasteiger partial charge >= 0.3 is 5.97 Å². The molecule has 0 aliphatic carbocycles. The summed E-state index contributed by atoms with van der Waals surface area (Å²) in [5, 5.41) is 14.8. The van der Waals surface area contributed by atoms with Crippen molar-refractivity contribution in [3.05, 3.63) is 89.6 Å². The molecule has 0 amide bonds. The Bertz CT molecular complexity index is 1630. The summed E-state index contributed by atoms with van der Waals surface area (Å²) in [4.78, 5) is 11.6. The first-order valence-corrected chi connectivity index (χ1v) is 14.4. The zero-order valence-corrected chi connectivity index (χ0v) is 22.7. The van der Waals surface area contributed by atoms with Crippen molar-refractivity contribution in [1.82, 2.24) is 14.1 Å². The Morgan fingerprint density at radius 3 is 2.54 bits per heavy atom. The number of rotatable bonds is 9. The lowest BCUT2D eigenvalue weighted by atomic mass is 10.1. The van der Waals surface area contributed by atoms with Crippen LogP contribution in [0.4, 0.5) is 0 Å². The lowest BCUT2D eigenvalue weighted by molar-refractivity contribution is -0.136. The van der Waals surface area contributed by atoms with E-state index in [1.54, 1.807) is 24.3 Å². The number of carboxylic acid groups (broad SMARTS) is 1. The number of carboxylic acids is 1. The number of nitrogens with zero attached hydrogens (tertiary/aromatic N) is 3. The lowest BCUT2D eigenvalue weighted by Crippen LogP contribution is -2.30. The fourth-order valence-corrected chi connectivity index (χ4v) is 6.86. The molecule has 0 unspecified atom stereocenters.